The van der Waals surface area contributed by atoms with E-state index in [-0.39, 0.29) is 16.7 Å². The summed E-state index contributed by atoms with van der Waals surface area (Å²) in [7, 11) is 5.62. The topological polar surface area (TPSA) is 121 Å². The summed E-state index contributed by atoms with van der Waals surface area (Å²) in [6.07, 6.45) is 1.58. The fourth-order valence-corrected chi connectivity index (χ4v) is 6.27. The van der Waals surface area contributed by atoms with Crippen LogP contribution < -0.4 is 15.5 Å². The standard InChI is InChI=1S/C29H34FN9O3S/c1-34(2)8-9-35(3)27(40)19-6-7-22(20(30)17-19)37-13-10-36(11-14-37)12-15-38-26-25(43-29(38)41)23-18-21(24-5-4-16-42-24)33-39(23)28(31)32-26/h4-7,16-18H,8-15H2,1-3H3,(H2,31,32). The molecule has 226 valence electrons. The zero-order valence-electron chi connectivity index (χ0n) is 24.4. The first-order valence-electron chi connectivity index (χ1n) is 14.1. The van der Waals surface area contributed by atoms with E-state index in [0.29, 0.717) is 79.7 Å². The quantitative estimate of drug-likeness (QED) is 0.270. The molecule has 0 unspecified atom stereocenters. The van der Waals surface area contributed by atoms with Crippen LogP contribution in [0.25, 0.3) is 27.3 Å². The van der Waals surface area contributed by atoms with Gasteiger partial charge in [-0.2, -0.15) is 14.6 Å². The number of halogens is 1. The summed E-state index contributed by atoms with van der Waals surface area (Å²) in [5, 5.41) is 4.51. The highest BCUT2D eigenvalue weighted by atomic mass is 32.1. The van der Waals surface area contributed by atoms with Crippen molar-refractivity contribution in [2.45, 2.75) is 6.54 Å². The van der Waals surface area contributed by atoms with Crippen molar-refractivity contribution in [3.05, 3.63) is 63.7 Å². The van der Waals surface area contributed by atoms with E-state index >= 15 is 4.39 Å². The third-order valence-electron chi connectivity index (χ3n) is 7.80. The molecule has 43 heavy (non-hydrogen) atoms. The average Bonchev–Trinajstić information content (AvgIpc) is 3.74. The number of carbonyl (C=O) groups excluding carboxylic acids is 1. The van der Waals surface area contributed by atoms with Crippen molar-refractivity contribution in [1.82, 2.24) is 33.9 Å². The summed E-state index contributed by atoms with van der Waals surface area (Å²) in [5.41, 5.74) is 8.92. The zero-order valence-corrected chi connectivity index (χ0v) is 25.2. The molecular formula is C29H34FN9O3S. The van der Waals surface area contributed by atoms with E-state index in [1.807, 2.05) is 36.0 Å². The van der Waals surface area contributed by atoms with Gasteiger partial charge in [0.1, 0.15) is 16.2 Å². The molecule has 1 aliphatic heterocycles. The summed E-state index contributed by atoms with van der Waals surface area (Å²) in [6, 6.07) is 10.2. The molecule has 5 heterocycles. The van der Waals surface area contributed by atoms with Gasteiger partial charge in [-0.15, -0.1) is 0 Å². The summed E-state index contributed by atoms with van der Waals surface area (Å²) in [5.74, 6) is 0.197. The van der Waals surface area contributed by atoms with Crippen LogP contribution >= 0.6 is 11.3 Å². The lowest BCUT2D eigenvalue weighted by Crippen LogP contribution is -2.47. The number of fused-ring (bicyclic) bond motifs is 3. The second-order valence-corrected chi connectivity index (χ2v) is 11.9. The van der Waals surface area contributed by atoms with Crippen LogP contribution in [0.5, 0.6) is 0 Å². The molecule has 0 bridgehead atoms. The molecule has 0 saturated carbocycles. The molecule has 0 aliphatic carbocycles. The first-order valence-corrected chi connectivity index (χ1v) is 14.9. The van der Waals surface area contributed by atoms with Crippen LogP contribution in [0.2, 0.25) is 0 Å². The second-order valence-electron chi connectivity index (χ2n) is 11.0. The van der Waals surface area contributed by atoms with Crippen LogP contribution in [0.3, 0.4) is 0 Å². The molecular weight excluding hydrogens is 573 g/mol. The number of nitrogen functional groups attached to an aromatic ring is 1. The van der Waals surface area contributed by atoms with E-state index in [4.69, 9.17) is 10.2 Å². The van der Waals surface area contributed by atoms with Gasteiger partial charge >= 0.3 is 4.87 Å². The number of aromatic nitrogens is 4. The molecule has 1 aliphatic rings. The maximum atomic E-state index is 15.1. The normalized spacial score (nSPS) is 14.4. The number of benzene rings is 1. The first kappa shape index (κ1) is 28.8. The molecule has 4 aromatic heterocycles. The van der Waals surface area contributed by atoms with Crippen LogP contribution in [0.4, 0.5) is 16.0 Å². The second kappa shape index (κ2) is 11.8. The van der Waals surface area contributed by atoms with Gasteiger partial charge in [0.25, 0.3) is 5.91 Å². The molecule has 1 aromatic carbocycles. The van der Waals surface area contributed by atoms with Gasteiger partial charge in [0.05, 0.1) is 17.5 Å². The van der Waals surface area contributed by atoms with Crippen LogP contribution in [0.1, 0.15) is 10.4 Å². The number of piperazine rings is 1. The zero-order chi connectivity index (χ0) is 30.2. The first-order chi connectivity index (χ1) is 20.7. The Hall–Kier alpha value is -4.27. The van der Waals surface area contributed by atoms with Crippen LogP contribution in [0.15, 0.2) is 51.9 Å². The molecule has 5 aromatic rings. The lowest BCUT2D eigenvalue weighted by molar-refractivity contribution is 0.0786. The van der Waals surface area contributed by atoms with Crippen molar-refractivity contribution in [2.75, 3.05) is 77.6 Å². The van der Waals surface area contributed by atoms with Gasteiger partial charge in [-0.05, 0) is 50.5 Å². The Morgan fingerprint density at radius 2 is 1.88 bits per heavy atom. The average molecular weight is 608 g/mol. The molecule has 2 N–H and O–H groups in total. The lowest BCUT2D eigenvalue weighted by atomic mass is 10.1. The van der Waals surface area contributed by atoms with Crippen LogP contribution in [-0.2, 0) is 6.54 Å². The predicted molar refractivity (Wildman–Crippen MR) is 165 cm³/mol. The minimum atomic E-state index is -0.401. The Balaban J connectivity index is 1.10. The summed E-state index contributed by atoms with van der Waals surface area (Å²) < 4.78 is 24.5. The molecule has 0 radical (unpaired) electrons. The van der Waals surface area contributed by atoms with E-state index in [0.717, 1.165) is 22.6 Å². The number of hydrogen-bond acceptors (Lipinski definition) is 10. The Morgan fingerprint density at radius 1 is 1.09 bits per heavy atom. The van der Waals surface area contributed by atoms with Crippen molar-refractivity contribution >= 4 is 44.7 Å². The van der Waals surface area contributed by atoms with E-state index in [9.17, 15) is 9.59 Å². The monoisotopic (exact) mass is 607 g/mol. The molecule has 1 fully saturated rings. The fourth-order valence-electron chi connectivity index (χ4n) is 5.31. The van der Waals surface area contributed by atoms with Crippen molar-refractivity contribution in [3.63, 3.8) is 0 Å². The molecule has 1 saturated heterocycles. The third kappa shape index (κ3) is 5.72. The minimum absolute atomic E-state index is 0.113. The van der Waals surface area contributed by atoms with Gasteiger partial charge in [0.2, 0.25) is 5.95 Å². The third-order valence-corrected chi connectivity index (χ3v) is 8.79. The highest BCUT2D eigenvalue weighted by Gasteiger charge is 2.23. The van der Waals surface area contributed by atoms with Crippen molar-refractivity contribution in [3.8, 4) is 11.5 Å². The number of hydrogen-bond donors (Lipinski definition) is 1. The Labute approximate surface area is 251 Å². The number of nitrogens with two attached hydrogens (primary N) is 1. The van der Waals surface area contributed by atoms with Gasteiger partial charge in [-0.25, -0.2) is 4.39 Å². The summed E-state index contributed by atoms with van der Waals surface area (Å²) in [6.45, 7) is 5.06. The van der Waals surface area contributed by atoms with Gasteiger partial charge in [0.15, 0.2) is 11.4 Å². The number of thiazole rings is 1. The van der Waals surface area contributed by atoms with E-state index in [2.05, 4.69) is 15.0 Å². The van der Waals surface area contributed by atoms with Gasteiger partial charge in [-0.1, -0.05) is 11.3 Å². The van der Waals surface area contributed by atoms with Crippen molar-refractivity contribution in [1.29, 1.82) is 0 Å². The molecule has 0 spiro atoms. The molecule has 1 amide bonds. The van der Waals surface area contributed by atoms with Crippen molar-refractivity contribution in [2.24, 2.45) is 0 Å². The molecule has 6 rings (SSSR count). The van der Waals surface area contributed by atoms with Crippen LogP contribution in [-0.4, -0.2) is 107 Å². The minimum Gasteiger partial charge on any atom is -0.463 e. The number of rotatable bonds is 9. The molecule has 0 atom stereocenters. The predicted octanol–water partition coefficient (Wildman–Crippen LogP) is 2.54. The Kier molecular flexibility index (Phi) is 7.90. The number of likely N-dealkylation sites (N-methyl/N-ethyl adjacent to an activating group) is 2. The maximum absolute atomic E-state index is 15.1. The largest absolute Gasteiger partial charge is 0.463 e. The number of nitrogens with zero attached hydrogens (tertiary/aromatic N) is 8. The number of furan rings is 1. The van der Waals surface area contributed by atoms with Gasteiger partial charge in [0, 0.05) is 65.0 Å². The van der Waals surface area contributed by atoms with E-state index < -0.39 is 5.82 Å². The Bertz CT molecular complexity index is 1820. The van der Waals surface area contributed by atoms with E-state index in [1.165, 1.54) is 10.6 Å². The van der Waals surface area contributed by atoms with Gasteiger partial charge < -0.3 is 24.9 Å². The molecule has 12 nitrogen and oxygen atoms in total. The molecule has 14 heteroatoms. The smallest absolute Gasteiger partial charge is 0.309 e. The van der Waals surface area contributed by atoms with Crippen molar-refractivity contribution < 1.29 is 13.6 Å². The number of amides is 1. The lowest BCUT2D eigenvalue weighted by Gasteiger charge is -2.36. The highest BCUT2D eigenvalue weighted by Crippen LogP contribution is 2.28. The number of carbonyl (C=O) groups is 1. The summed E-state index contributed by atoms with van der Waals surface area (Å²) >= 11 is 1.12. The number of anilines is 2. The SMILES string of the molecule is CN(C)CCN(C)C(=O)c1ccc(N2CCN(CCn3c(=O)sc4c3nc(N)n3nc(-c5ccco5)cc43)CC2)c(F)c1. The Morgan fingerprint density at radius 3 is 2.58 bits per heavy atom. The summed E-state index contributed by atoms with van der Waals surface area (Å²) in [4.78, 5) is 38.0. The van der Waals surface area contributed by atoms with E-state index in [1.54, 1.807) is 41.0 Å². The highest BCUT2D eigenvalue weighted by molar-refractivity contribution is 7.17. The van der Waals surface area contributed by atoms with Crippen LogP contribution in [0, 0.1) is 5.82 Å². The maximum Gasteiger partial charge on any atom is 0.309 e. The fraction of sp³-hybridized carbons (Fsp3) is 0.379. The van der Waals surface area contributed by atoms with Gasteiger partial charge in [-0.3, -0.25) is 19.1 Å².